The summed E-state index contributed by atoms with van der Waals surface area (Å²) in [7, 11) is 0. The standard InChI is InChI=1S/C26H24ClN3O/c27-22-10-3-1-7-18(22)15-20-8-5-12-24(29-20)25-13-6-14-30(25)26(31)16-19-17-28-23-11-4-2-9-21(19)23/h1-5,7-12,17,25,28H,6,13-16H2. The van der Waals surface area contributed by atoms with E-state index in [1.54, 1.807) is 0 Å². The summed E-state index contributed by atoms with van der Waals surface area (Å²) in [5.74, 6) is 0.158. The van der Waals surface area contributed by atoms with Crippen molar-refractivity contribution in [2.75, 3.05) is 6.54 Å². The molecule has 3 heterocycles. The highest BCUT2D eigenvalue weighted by atomic mass is 35.5. The fourth-order valence-electron chi connectivity index (χ4n) is 4.53. The van der Waals surface area contributed by atoms with Gasteiger partial charge in [0.15, 0.2) is 0 Å². The van der Waals surface area contributed by atoms with Gasteiger partial charge in [-0.25, -0.2) is 0 Å². The van der Waals surface area contributed by atoms with Crippen molar-refractivity contribution < 1.29 is 4.79 Å². The second kappa shape index (κ2) is 8.56. The number of H-pyrrole nitrogens is 1. The maximum Gasteiger partial charge on any atom is 0.227 e. The second-order valence-electron chi connectivity index (χ2n) is 8.10. The Morgan fingerprint density at radius 3 is 2.77 bits per heavy atom. The zero-order valence-electron chi connectivity index (χ0n) is 17.2. The number of benzene rings is 2. The molecule has 1 N–H and O–H groups in total. The van der Waals surface area contributed by atoms with E-state index in [1.807, 2.05) is 71.8 Å². The molecule has 4 nitrogen and oxygen atoms in total. The SMILES string of the molecule is O=C(Cc1c[nH]c2ccccc12)N1CCCC1c1cccc(Cc2ccccc2Cl)n1. The number of rotatable bonds is 5. The minimum absolute atomic E-state index is 0.0314. The number of likely N-dealkylation sites (tertiary alicyclic amines) is 1. The first-order chi connectivity index (χ1) is 15.2. The number of aromatic nitrogens is 2. The zero-order valence-corrected chi connectivity index (χ0v) is 18.0. The maximum absolute atomic E-state index is 13.2. The van der Waals surface area contributed by atoms with Crippen molar-refractivity contribution in [2.24, 2.45) is 0 Å². The number of halogens is 1. The van der Waals surface area contributed by atoms with Gasteiger partial charge in [-0.05, 0) is 48.2 Å². The van der Waals surface area contributed by atoms with Crippen LogP contribution in [-0.4, -0.2) is 27.3 Å². The van der Waals surface area contributed by atoms with Crippen molar-refractivity contribution in [1.29, 1.82) is 0 Å². The van der Waals surface area contributed by atoms with Crippen molar-refractivity contribution in [3.63, 3.8) is 0 Å². The first-order valence-electron chi connectivity index (χ1n) is 10.7. The Kier molecular flexibility index (Phi) is 5.47. The van der Waals surface area contributed by atoms with E-state index in [1.165, 1.54) is 0 Å². The molecule has 2 aromatic carbocycles. The van der Waals surface area contributed by atoms with Crippen LogP contribution in [0.2, 0.25) is 5.02 Å². The molecule has 0 spiro atoms. The van der Waals surface area contributed by atoms with E-state index in [4.69, 9.17) is 16.6 Å². The molecule has 0 aliphatic carbocycles. The van der Waals surface area contributed by atoms with Crippen LogP contribution in [0.3, 0.4) is 0 Å². The number of carbonyl (C=O) groups is 1. The van der Waals surface area contributed by atoms with E-state index in [2.05, 4.69) is 11.1 Å². The summed E-state index contributed by atoms with van der Waals surface area (Å²) < 4.78 is 0. The molecule has 156 valence electrons. The number of aromatic amines is 1. The quantitative estimate of drug-likeness (QED) is 0.441. The molecule has 1 aliphatic rings. The monoisotopic (exact) mass is 429 g/mol. The summed E-state index contributed by atoms with van der Waals surface area (Å²) in [4.78, 5) is 23.4. The van der Waals surface area contributed by atoms with E-state index < -0.39 is 0 Å². The summed E-state index contributed by atoms with van der Waals surface area (Å²) in [5.41, 5.74) is 5.12. The Bertz CT molecular complexity index is 1230. The Hall–Kier alpha value is -3.11. The number of pyridine rings is 1. The third-order valence-electron chi connectivity index (χ3n) is 6.09. The fraction of sp³-hybridized carbons (Fsp3) is 0.231. The van der Waals surface area contributed by atoms with Crippen LogP contribution in [0.1, 0.15) is 41.4 Å². The van der Waals surface area contributed by atoms with Gasteiger partial charge in [-0.15, -0.1) is 0 Å². The molecular formula is C26H24ClN3O. The number of para-hydroxylation sites is 1. The molecule has 1 saturated heterocycles. The third-order valence-corrected chi connectivity index (χ3v) is 6.46. The normalized spacial score (nSPS) is 16.2. The topological polar surface area (TPSA) is 49.0 Å². The molecule has 0 saturated carbocycles. The van der Waals surface area contributed by atoms with Crippen molar-refractivity contribution in [3.05, 3.63) is 100 Å². The van der Waals surface area contributed by atoms with Crippen molar-refractivity contribution in [1.82, 2.24) is 14.9 Å². The zero-order chi connectivity index (χ0) is 21.2. The summed E-state index contributed by atoms with van der Waals surface area (Å²) in [6.45, 7) is 0.780. The second-order valence-corrected chi connectivity index (χ2v) is 8.51. The predicted molar refractivity (Wildman–Crippen MR) is 124 cm³/mol. The van der Waals surface area contributed by atoms with Crippen LogP contribution in [0.4, 0.5) is 0 Å². The highest BCUT2D eigenvalue weighted by molar-refractivity contribution is 6.31. The van der Waals surface area contributed by atoms with Crippen molar-refractivity contribution in [2.45, 2.75) is 31.7 Å². The summed E-state index contributed by atoms with van der Waals surface area (Å²) in [5, 5.41) is 1.87. The third kappa shape index (κ3) is 4.08. The molecule has 1 fully saturated rings. The highest BCUT2D eigenvalue weighted by Gasteiger charge is 2.31. The Balaban J connectivity index is 1.35. The lowest BCUT2D eigenvalue weighted by molar-refractivity contribution is -0.131. The number of hydrogen-bond donors (Lipinski definition) is 1. The number of nitrogens with one attached hydrogen (secondary N) is 1. The van der Waals surface area contributed by atoms with Gasteiger partial charge in [0.2, 0.25) is 5.91 Å². The lowest BCUT2D eigenvalue weighted by atomic mass is 10.1. The van der Waals surface area contributed by atoms with Crippen molar-refractivity contribution >= 4 is 28.4 Å². The van der Waals surface area contributed by atoms with E-state index in [0.29, 0.717) is 12.8 Å². The van der Waals surface area contributed by atoms with Crippen LogP contribution in [0, 0.1) is 0 Å². The van der Waals surface area contributed by atoms with E-state index in [9.17, 15) is 4.79 Å². The predicted octanol–water partition coefficient (Wildman–Crippen LogP) is 5.71. The summed E-state index contributed by atoms with van der Waals surface area (Å²) in [6.07, 6.45) is 4.99. The van der Waals surface area contributed by atoms with Crippen molar-refractivity contribution in [3.8, 4) is 0 Å². The van der Waals surface area contributed by atoms with Gasteiger partial charge in [-0.3, -0.25) is 9.78 Å². The first-order valence-corrected chi connectivity index (χ1v) is 11.1. The Labute approximate surface area is 186 Å². The van der Waals surface area contributed by atoms with Gasteiger partial charge in [0.05, 0.1) is 18.2 Å². The van der Waals surface area contributed by atoms with Crippen LogP contribution in [0.5, 0.6) is 0 Å². The van der Waals surface area contributed by atoms with Gasteiger partial charge >= 0.3 is 0 Å². The largest absolute Gasteiger partial charge is 0.361 e. The van der Waals surface area contributed by atoms with E-state index in [0.717, 1.165) is 57.8 Å². The smallest absolute Gasteiger partial charge is 0.227 e. The number of hydrogen-bond acceptors (Lipinski definition) is 2. The van der Waals surface area contributed by atoms with Gasteiger partial charge in [0, 0.05) is 40.8 Å². The van der Waals surface area contributed by atoms with Gasteiger partial charge in [-0.2, -0.15) is 0 Å². The van der Waals surface area contributed by atoms with E-state index >= 15 is 0 Å². The molecule has 1 atom stereocenters. The average molecular weight is 430 g/mol. The molecule has 5 heteroatoms. The average Bonchev–Trinajstić information content (AvgIpc) is 3.43. The molecule has 4 aromatic rings. The number of carbonyl (C=O) groups excluding carboxylic acids is 1. The molecule has 1 amide bonds. The highest BCUT2D eigenvalue weighted by Crippen LogP contribution is 2.32. The minimum Gasteiger partial charge on any atom is -0.361 e. The lowest BCUT2D eigenvalue weighted by Crippen LogP contribution is -2.32. The first kappa shape index (κ1) is 19.8. The van der Waals surface area contributed by atoms with Gasteiger partial charge in [-0.1, -0.05) is 54.1 Å². The molecule has 0 bridgehead atoms. The molecule has 1 aliphatic heterocycles. The summed E-state index contributed by atoms with van der Waals surface area (Å²) in [6, 6.07) is 22.1. The van der Waals surface area contributed by atoms with Crippen LogP contribution >= 0.6 is 11.6 Å². The minimum atomic E-state index is 0.0314. The van der Waals surface area contributed by atoms with Crippen LogP contribution < -0.4 is 0 Å². The fourth-order valence-corrected chi connectivity index (χ4v) is 4.74. The molecule has 5 rings (SSSR count). The van der Waals surface area contributed by atoms with E-state index in [-0.39, 0.29) is 11.9 Å². The number of nitrogens with zero attached hydrogens (tertiary/aromatic N) is 2. The maximum atomic E-state index is 13.2. The lowest BCUT2D eigenvalue weighted by Gasteiger charge is -2.25. The molecular weight excluding hydrogens is 406 g/mol. The Morgan fingerprint density at radius 1 is 1.03 bits per heavy atom. The van der Waals surface area contributed by atoms with Crippen LogP contribution in [-0.2, 0) is 17.6 Å². The summed E-state index contributed by atoms with van der Waals surface area (Å²) >= 11 is 6.33. The molecule has 2 aromatic heterocycles. The molecule has 0 radical (unpaired) electrons. The van der Waals surface area contributed by atoms with Crippen LogP contribution in [0.25, 0.3) is 10.9 Å². The molecule has 31 heavy (non-hydrogen) atoms. The van der Waals surface area contributed by atoms with Crippen LogP contribution in [0.15, 0.2) is 72.9 Å². The van der Waals surface area contributed by atoms with Gasteiger partial charge in [0.25, 0.3) is 0 Å². The van der Waals surface area contributed by atoms with Gasteiger partial charge < -0.3 is 9.88 Å². The molecule has 1 unspecified atom stereocenters. The Morgan fingerprint density at radius 2 is 1.87 bits per heavy atom. The number of fused-ring (bicyclic) bond motifs is 1. The van der Waals surface area contributed by atoms with Gasteiger partial charge in [0.1, 0.15) is 0 Å². The number of amides is 1.